The zero-order chi connectivity index (χ0) is 21.3. The molecule has 2 aromatic carbocycles. The maximum absolute atomic E-state index is 12.4. The van der Waals surface area contributed by atoms with Gasteiger partial charge in [0.15, 0.2) is 0 Å². The molecule has 0 aliphatic carbocycles. The van der Waals surface area contributed by atoms with Gasteiger partial charge in [0.2, 0.25) is 0 Å². The monoisotopic (exact) mass is 488 g/mol. The van der Waals surface area contributed by atoms with Crippen molar-refractivity contribution in [2.24, 2.45) is 0 Å². The van der Waals surface area contributed by atoms with Gasteiger partial charge in [-0.05, 0) is 67.0 Å². The number of aryl methyl sites for hydroxylation is 1. The summed E-state index contributed by atoms with van der Waals surface area (Å²) in [6.45, 7) is 5.20. The minimum Gasteiger partial charge on any atom is -0.506 e. The predicted molar refractivity (Wildman–Crippen MR) is 124 cm³/mol. The van der Waals surface area contributed by atoms with E-state index in [0.717, 1.165) is 42.0 Å². The summed E-state index contributed by atoms with van der Waals surface area (Å²) in [5.74, 6) is -0.247. The molecule has 0 radical (unpaired) electrons. The van der Waals surface area contributed by atoms with Gasteiger partial charge in [-0.2, -0.15) is 0 Å². The van der Waals surface area contributed by atoms with Gasteiger partial charge in [0.1, 0.15) is 5.75 Å². The van der Waals surface area contributed by atoms with E-state index in [2.05, 4.69) is 25.4 Å². The van der Waals surface area contributed by atoms with Crippen LogP contribution in [0.1, 0.15) is 41.4 Å². The van der Waals surface area contributed by atoms with E-state index in [-0.39, 0.29) is 5.75 Å². The number of aromatic nitrogens is 1. The largest absolute Gasteiger partial charge is 0.506 e. The number of fused-ring (bicyclic) bond motifs is 1. The summed E-state index contributed by atoms with van der Waals surface area (Å²) in [5, 5.41) is 21.7. The van der Waals surface area contributed by atoms with E-state index in [1.165, 1.54) is 0 Å². The predicted octanol–water partition coefficient (Wildman–Crippen LogP) is 5.72. The van der Waals surface area contributed by atoms with Crippen molar-refractivity contribution >= 4 is 44.6 Å². The third-order valence-electron chi connectivity index (χ3n) is 5.72. The lowest BCUT2D eigenvalue weighted by Gasteiger charge is -2.18. The molecule has 5 nitrogen and oxygen atoms in total. The number of nitrogens with zero attached hydrogens (tertiary/aromatic N) is 2. The number of carbonyl (C=O) groups is 1. The second-order valence-electron chi connectivity index (χ2n) is 7.54. The van der Waals surface area contributed by atoms with Gasteiger partial charge in [-0.15, -0.1) is 11.8 Å². The number of phenolic OH excluding ortho intramolecular Hbond substituents is 1. The van der Waals surface area contributed by atoms with Crippen LogP contribution in [0.5, 0.6) is 5.75 Å². The number of likely N-dealkylation sites (tertiary alicyclic amines) is 1. The van der Waals surface area contributed by atoms with Crippen molar-refractivity contribution in [1.29, 1.82) is 0 Å². The quantitative estimate of drug-likeness (QED) is 0.416. The number of halogens is 1. The Balaban J connectivity index is 1.88. The molecule has 0 bridgehead atoms. The fourth-order valence-electron chi connectivity index (χ4n) is 4.32. The minimum absolute atomic E-state index is 0.146. The molecule has 0 amide bonds. The molecule has 2 N–H and O–H groups in total. The van der Waals surface area contributed by atoms with Crippen molar-refractivity contribution in [1.82, 2.24) is 9.47 Å². The molecule has 1 aliphatic rings. The van der Waals surface area contributed by atoms with Crippen LogP contribution < -0.4 is 0 Å². The summed E-state index contributed by atoms with van der Waals surface area (Å²) < 4.78 is 2.68. The summed E-state index contributed by atoms with van der Waals surface area (Å²) in [6, 6.07) is 11.9. The molecule has 1 saturated heterocycles. The second-order valence-corrected chi connectivity index (χ2v) is 9.44. The Hall–Kier alpha value is -1.96. The van der Waals surface area contributed by atoms with Crippen LogP contribution in [0.3, 0.4) is 0 Å². The van der Waals surface area contributed by atoms with Gasteiger partial charge in [0, 0.05) is 40.4 Å². The molecule has 0 spiro atoms. The van der Waals surface area contributed by atoms with Gasteiger partial charge in [-0.25, -0.2) is 4.79 Å². The molecule has 0 unspecified atom stereocenters. The molecule has 7 heteroatoms. The van der Waals surface area contributed by atoms with Crippen LogP contribution in [0.4, 0.5) is 0 Å². The number of aromatic carboxylic acids is 1. The lowest BCUT2D eigenvalue weighted by molar-refractivity contribution is 0.0697. The highest BCUT2D eigenvalue weighted by molar-refractivity contribution is 9.10. The molecular formula is C23H25BrN2O3S. The van der Waals surface area contributed by atoms with Crippen LogP contribution in [0.2, 0.25) is 0 Å². The molecule has 0 saturated carbocycles. The summed E-state index contributed by atoms with van der Waals surface area (Å²) >= 11 is 5.12. The first kappa shape index (κ1) is 21.3. The number of carboxylic acid groups (broad SMARTS) is 1. The Morgan fingerprint density at radius 3 is 2.53 bits per heavy atom. The van der Waals surface area contributed by atoms with Crippen LogP contribution in [-0.2, 0) is 18.8 Å². The Labute approximate surface area is 188 Å². The van der Waals surface area contributed by atoms with E-state index < -0.39 is 5.97 Å². The maximum Gasteiger partial charge on any atom is 0.338 e. The molecule has 30 heavy (non-hydrogen) atoms. The van der Waals surface area contributed by atoms with Crippen LogP contribution in [-0.4, -0.2) is 38.7 Å². The van der Waals surface area contributed by atoms with Crippen molar-refractivity contribution < 1.29 is 15.0 Å². The number of thioether (sulfide) groups is 1. The van der Waals surface area contributed by atoms with E-state index in [4.69, 9.17) is 0 Å². The second kappa shape index (κ2) is 9.04. The Bertz CT molecular complexity index is 1080. The van der Waals surface area contributed by atoms with Gasteiger partial charge in [0.05, 0.1) is 15.6 Å². The number of benzene rings is 2. The zero-order valence-electron chi connectivity index (χ0n) is 16.9. The van der Waals surface area contributed by atoms with Crippen molar-refractivity contribution in [3.8, 4) is 5.75 Å². The molecule has 3 aromatic rings. The molecular weight excluding hydrogens is 464 g/mol. The van der Waals surface area contributed by atoms with Gasteiger partial charge < -0.3 is 14.8 Å². The minimum atomic E-state index is -0.944. The standard InChI is InChI=1S/C23H25BrN2O3S/c1-2-26-18-12-17(24)22(27)16(13-25-10-6-7-11-25)20(18)21(23(28)29)19(26)14-30-15-8-4-3-5-9-15/h3-5,8-9,12,27H,2,6-7,10-11,13-14H2,1H3,(H,28,29). The SMILES string of the molecule is CCn1c(CSc2ccccc2)c(C(=O)O)c2c(CN3CCCC3)c(O)c(Br)cc21. The molecule has 2 heterocycles. The molecule has 158 valence electrons. The van der Waals surface area contributed by atoms with E-state index >= 15 is 0 Å². The third kappa shape index (κ3) is 3.98. The number of hydrogen-bond donors (Lipinski definition) is 2. The number of rotatable bonds is 7. The summed E-state index contributed by atoms with van der Waals surface area (Å²) in [6.07, 6.45) is 2.28. The highest BCUT2D eigenvalue weighted by Gasteiger charge is 2.28. The summed E-state index contributed by atoms with van der Waals surface area (Å²) in [4.78, 5) is 15.8. The highest BCUT2D eigenvalue weighted by Crippen LogP contribution is 2.41. The van der Waals surface area contributed by atoms with E-state index in [0.29, 0.717) is 39.8 Å². The van der Waals surface area contributed by atoms with Gasteiger partial charge in [-0.3, -0.25) is 4.90 Å². The van der Waals surface area contributed by atoms with Crippen molar-refractivity contribution in [3.05, 3.63) is 57.7 Å². The summed E-state index contributed by atoms with van der Waals surface area (Å²) in [5.41, 5.74) is 2.66. The van der Waals surface area contributed by atoms with Crippen LogP contribution in [0.25, 0.3) is 10.9 Å². The molecule has 1 fully saturated rings. The number of aromatic hydroxyl groups is 1. The lowest BCUT2D eigenvalue weighted by Crippen LogP contribution is -2.19. The fraction of sp³-hybridized carbons (Fsp3) is 0.348. The normalized spacial score (nSPS) is 14.6. The average molecular weight is 489 g/mol. The van der Waals surface area contributed by atoms with E-state index in [9.17, 15) is 15.0 Å². The van der Waals surface area contributed by atoms with Crippen molar-refractivity contribution in [2.75, 3.05) is 13.1 Å². The smallest absolute Gasteiger partial charge is 0.338 e. The molecule has 0 atom stereocenters. The van der Waals surface area contributed by atoms with Gasteiger partial charge >= 0.3 is 5.97 Å². The first-order valence-electron chi connectivity index (χ1n) is 10.2. The Morgan fingerprint density at radius 1 is 1.20 bits per heavy atom. The first-order chi connectivity index (χ1) is 14.5. The zero-order valence-corrected chi connectivity index (χ0v) is 19.3. The highest BCUT2D eigenvalue weighted by atomic mass is 79.9. The number of phenols is 1. The van der Waals surface area contributed by atoms with E-state index in [1.54, 1.807) is 11.8 Å². The van der Waals surface area contributed by atoms with Crippen LogP contribution in [0, 0.1) is 0 Å². The first-order valence-corrected chi connectivity index (χ1v) is 12.0. The van der Waals surface area contributed by atoms with Crippen molar-refractivity contribution in [2.45, 2.75) is 43.5 Å². The summed E-state index contributed by atoms with van der Waals surface area (Å²) in [7, 11) is 0. The molecule has 1 aliphatic heterocycles. The van der Waals surface area contributed by atoms with Gasteiger partial charge in [0.25, 0.3) is 0 Å². The maximum atomic E-state index is 12.4. The molecule has 4 rings (SSSR count). The number of carboxylic acids is 1. The van der Waals surface area contributed by atoms with E-state index in [1.807, 2.05) is 43.3 Å². The van der Waals surface area contributed by atoms with Crippen LogP contribution in [0.15, 0.2) is 45.8 Å². The van der Waals surface area contributed by atoms with Gasteiger partial charge in [-0.1, -0.05) is 18.2 Å². The van der Waals surface area contributed by atoms with Crippen molar-refractivity contribution in [3.63, 3.8) is 0 Å². The fourth-order valence-corrected chi connectivity index (χ4v) is 5.73. The van der Waals surface area contributed by atoms with Crippen LogP contribution >= 0.6 is 27.7 Å². The Morgan fingerprint density at radius 2 is 1.90 bits per heavy atom. The molecule has 1 aromatic heterocycles. The third-order valence-corrected chi connectivity index (χ3v) is 7.35. The topological polar surface area (TPSA) is 65.7 Å². The Kier molecular flexibility index (Phi) is 6.41. The average Bonchev–Trinajstić information content (AvgIpc) is 3.35. The number of hydrogen-bond acceptors (Lipinski definition) is 4. The lowest BCUT2D eigenvalue weighted by atomic mass is 10.0.